The molecule has 1 aliphatic heterocycles. The molecule has 1 heterocycles. The quantitative estimate of drug-likeness (QED) is 0.777. The van der Waals surface area contributed by atoms with Crippen molar-refractivity contribution in [1.82, 2.24) is 4.90 Å². The summed E-state index contributed by atoms with van der Waals surface area (Å²) < 4.78 is 5.41. The topological polar surface area (TPSA) is 61.9 Å². The molecule has 0 atom stereocenters. The summed E-state index contributed by atoms with van der Waals surface area (Å²) in [5.74, 6) is 0.444. The zero-order chi connectivity index (χ0) is 19.4. The van der Waals surface area contributed by atoms with E-state index in [-0.39, 0.29) is 18.5 Å². The Bertz CT molecular complexity index is 822. The first-order chi connectivity index (χ1) is 13.0. The lowest BCUT2D eigenvalue weighted by molar-refractivity contribution is -0.116. The smallest absolute Gasteiger partial charge is 0.325 e. The molecule has 0 aromatic heterocycles. The molecule has 0 unspecified atom stereocenters. The molecule has 0 radical (unpaired) electrons. The van der Waals surface area contributed by atoms with Gasteiger partial charge in [-0.1, -0.05) is 23.2 Å². The van der Waals surface area contributed by atoms with Gasteiger partial charge in [-0.3, -0.25) is 9.69 Å². The van der Waals surface area contributed by atoms with Crippen molar-refractivity contribution in [2.75, 3.05) is 36.5 Å². The van der Waals surface area contributed by atoms with E-state index in [4.69, 9.17) is 27.9 Å². The third kappa shape index (κ3) is 4.84. The van der Waals surface area contributed by atoms with Crippen LogP contribution in [0.15, 0.2) is 42.5 Å². The molecule has 1 N–H and O–H groups in total. The van der Waals surface area contributed by atoms with E-state index in [1.165, 1.54) is 4.90 Å². The molecule has 27 heavy (non-hydrogen) atoms. The molecule has 0 aliphatic carbocycles. The van der Waals surface area contributed by atoms with Gasteiger partial charge >= 0.3 is 6.03 Å². The molecular weight excluding hydrogens is 389 g/mol. The van der Waals surface area contributed by atoms with Crippen LogP contribution in [0.25, 0.3) is 0 Å². The SMILES string of the molecule is CCOc1ccc(N2CCN(CC(=O)Nc3cc(Cl)cc(Cl)c3)C2=O)cc1. The van der Waals surface area contributed by atoms with Gasteiger partial charge in [-0.25, -0.2) is 4.79 Å². The average Bonchev–Trinajstić information content (AvgIpc) is 2.95. The zero-order valence-electron chi connectivity index (χ0n) is 14.7. The van der Waals surface area contributed by atoms with Crippen molar-refractivity contribution < 1.29 is 14.3 Å². The van der Waals surface area contributed by atoms with Crippen LogP contribution in [0, 0.1) is 0 Å². The fourth-order valence-corrected chi connectivity index (χ4v) is 3.38. The fourth-order valence-electron chi connectivity index (χ4n) is 2.86. The number of carbonyl (C=O) groups excluding carboxylic acids is 2. The van der Waals surface area contributed by atoms with Crippen LogP contribution >= 0.6 is 23.2 Å². The van der Waals surface area contributed by atoms with Gasteiger partial charge in [0.2, 0.25) is 5.91 Å². The number of nitrogens with one attached hydrogen (secondary N) is 1. The molecule has 1 aliphatic rings. The molecule has 0 spiro atoms. The Balaban J connectivity index is 1.60. The third-order valence-electron chi connectivity index (χ3n) is 4.04. The molecular formula is C19H19Cl2N3O3. The molecule has 0 bridgehead atoms. The number of urea groups is 1. The second-order valence-corrected chi connectivity index (χ2v) is 6.86. The Morgan fingerprint density at radius 2 is 1.78 bits per heavy atom. The standard InChI is InChI=1S/C19H19Cl2N3O3/c1-2-27-17-5-3-16(4-6-17)24-8-7-23(19(24)26)12-18(25)22-15-10-13(20)9-14(21)11-15/h3-6,9-11H,2,7-8,12H2,1H3,(H,22,25). The maximum absolute atomic E-state index is 12.6. The summed E-state index contributed by atoms with van der Waals surface area (Å²) in [6.45, 7) is 3.44. The van der Waals surface area contributed by atoms with E-state index in [0.29, 0.717) is 35.4 Å². The molecule has 8 heteroatoms. The van der Waals surface area contributed by atoms with Crippen molar-refractivity contribution in [3.05, 3.63) is 52.5 Å². The van der Waals surface area contributed by atoms with Crippen molar-refractivity contribution >= 4 is 46.5 Å². The lowest BCUT2D eigenvalue weighted by atomic mass is 10.3. The van der Waals surface area contributed by atoms with E-state index in [0.717, 1.165) is 11.4 Å². The number of amides is 3. The van der Waals surface area contributed by atoms with Crippen molar-refractivity contribution in [1.29, 1.82) is 0 Å². The van der Waals surface area contributed by atoms with E-state index in [2.05, 4.69) is 5.32 Å². The molecule has 1 fully saturated rings. The Morgan fingerprint density at radius 3 is 2.41 bits per heavy atom. The van der Waals surface area contributed by atoms with Crippen LogP contribution in [-0.2, 0) is 4.79 Å². The second kappa shape index (κ2) is 8.50. The molecule has 2 aromatic rings. The lowest BCUT2D eigenvalue weighted by Crippen LogP contribution is -2.37. The largest absolute Gasteiger partial charge is 0.494 e. The molecule has 3 rings (SSSR count). The predicted octanol–water partition coefficient (Wildman–Crippen LogP) is 4.27. The van der Waals surface area contributed by atoms with Gasteiger partial charge in [-0.05, 0) is 49.4 Å². The Kier molecular flexibility index (Phi) is 6.08. The van der Waals surface area contributed by atoms with Crippen molar-refractivity contribution in [3.63, 3.8) is 0 Å². The Labute approximate surface area is 167 Å². The average molecular weight is 408 g/mol. The van der Waals surface area contributed by atoms with Crippen molar-refractivity contribution in [3.8, 4) is 5.75 Å². The van der Waals surface area contributed by atoms with E-state index in [9.17, 15) is 9.59 Å². The van der Waals surface area contributed by atoms with Crippen molar-refractivity contribution in [2.24, 2.45) is 0 Å². The van der Waals surface area contributed by atoms with Crippen LogP contribution in [0.1, 0.15) is 6.92 Å². The molecule has 6 nitrogen and oxygen atoms in total. The van der Waals surface area contributed by atoms with Gasteiger partial charge in [0.1, 0.15) is 12.3 Å². The monoisotopic (exact) mass is 407 g/mol. The van der Waals surface area contributed by atoms with E-state index >= 15 is 0 Å². The number of anilines is 2. The summed E-state index contributed by atoms with van der Waals surface area (Å²) in [5, 5.41) is 3.57. The first kappa shape index (κ1) is 19.3. The number of hydrogen-bond acceptors (Lipinski definition) is 3. The molecule has 2 aromatic carbocycles. The predicted molar refractivity (Wildman–Crippen MR) is 107 cm³/mol. The minimum Gasteiger partial charge on any atom is -0.494 e. The highest BCUT2D eigenvalue weighted by atomic mass is 35.5. The minimum absolute atomic E-state index is 0.0451. The minimum atomic E-state index is -0.310. The highest BCUT2D eigenvalue weighted by Gasteiger charge is 2.30. The summed E-state index contributed by atoms with van der Waals surface area (Å²) in [7, 11) is 0. The number of carbonyl (C=O) groups is 2. The van der Waals surface area contributed by atoms with Crippen LogP contribution in [-0.4, -0.2) is 43.1 Å². The van der Waals surface area contributed by atoms with E-state index < -0.39 is 0 Å². The number of hydrogen-bond donors (Lipinski definition) is 1. The summed E-state index contributed by atoms with van der Waals surface area (Å²) in [6.07, 6.45) is 0. The van der Waals surface area contributed by atoms with Gasteiger partial charge in [0.15, 0.2) is 0 Å². The number of benzene rings is 2. The number of ether oxygens (including phenoxy) is 1. The van der Waals surface area contributed by atoms with E-state index in [1.807, 2.05) is 31.2 Å². The van der Waals surface area contributed by atoms with Gasteiger partial charge in [0, 0.05) is 34.5 Å². The maximum atomic E-state index is 12.6. The summed E-state index contributed by atoms with van der Waals surface area (Å²) in [5.41, 5.74) is 1.26. The third-order valence-corrected chi connectivity index (χ3v) is 4.47. The number of nitrogens with zero attached hydrogens (tertiary/aromatic N) is 2. The van der Waals surface area contributed by atoms with Crippen LogP contribution in [0.5, 0.6) is 5.75 Å². The second-order valence-electron chi connectivity index (χ2n) is 5.99. The van der Waals surface area contributed by atoms with Gasteiger partial charge in [-0.2, -0.15) is 0 Å². The van der Waals surface area contributed by atoms with Gasteiger partial charge in [0.05, 0.1) is 6.61 Å². The summed E-state index contributed by atoms with van der Waals surface area (Å²) in [6, 6.07) is 11.9. The maximum Gasteiger partial charge on any atom is 0.325 e. The fraction of sp³-hybridized carbons (Fsp3) is 0.263. The van der Waals surface area contributed by atoms with Crippen molar-refractivity contribution in [2.45, 2.75) is 6.92 Å². The summed E-state index contributed by atoms with van der Waals surface area (Å²) >= 11 is 11.9. The first-order valence-electron chi connectivity index (χ1n) is 8.51. The highest BCUT2D eigenvalue weighted by molar-refractivity contribution is 6.35. The molecule has 0 saturated carbocycles. The van der Waals surface area contributed by atoms with Gasteiger partial charge in [0.25, 0.3) is 0 Å². The van der Waals surface area contributed by atoms with Gasteiger partial charge in [-0.15, -0.1) is 0 Å². The van der Waals surface area contributed by atoms with Gasteiger partial charge < -0.3 is 15.0 Å². The molecule has 142 valence electrons. The lowest BCUT2D eigenvalue weighted by Gasteiger charge is -2.19. The Morgan fingerprint density at radius 1 is 1.11 bits per heavy atom. The van der Waals surface area contributed by atoms with Crippen LogP contribution in [0.3, 0.4) is 0 Å². The van der Waals surface area contributed by atoms with Crippen LogP contribution < -0.4 is 15.0 Å². The van der Waals surface area contributed by atoms with E-state index in [1.54, 1.807) is 23.1 Å². The first-order valence-corrected chi connectivity index (χ1v) is 9.27. The van der Waals surface area contributed by atoms with Crippen LogP contribution in [0.2, 0.25) is 10.0 Å². The summed E-state index contributed by atoms with van der Waals surface area (Å²) in [4.78, 5) is 28.0. The number of rotatable bonds is 6. The Hall–Kier alpha value is -2.44. The zero-order valence-corrected chi connectivity index (χ0v) is 16.3. The van der Waals surface area contributed by atoms with Crippen LogP contribution in [0.4, 0.5) is 16.2 Å². The highest BCUT2D eigenvalue weighted by Crippen LogP contribution is 2.24. The normalized spacial score (nSPS) is 13.8. The number of halogens is 2. The molecule has 3 amide bonds. The molecule has 1 saturated heterocycles.